The van der Waals surface area contributed by atoms with Crippen molar-refractivity contribution in [3.63, 3.8) is 0 Å². The van der Waals surface area contributed by atoms with Gasteiger partial charge in [-0.3, -0.25) is 27.9 Å². The molecule has 4 N–H and O–H groups in total. The smallest absolute Gasteiger partial charge is 0.335 e. The number of carbonyl (C=O) groups excluding carboxylic acids is 2. The van der Waals surface area contributed by atoms with E-state index in [4.69, 9.17) is 0 Å². The molecule has 2 amide bonds. The molecular formula is C106H120N20O10S2. The monoisotopic (exact) mass is 1900 g/mol. The Hall–Kier alpha value is -13.8. The third kappa shape index (κ3) is 16.9. The lowest BCUT2D eigenvalue weighted by Crippen LogP contribution is -2.39. The van der Waals surface area contributed by atoms with Crippen LogP contribution in [-0.2, 0) is 46.6 Å². The number of aromatic nitrogens is 16. The average molecular weight is 1900 g/mol. The lowest BCUT2D eigenvalue weighted by molar-refractivity contribution is 0.0686. The number of para-hydroxylation sites is 4. The first-order valence-electron chi connectivity index (χ1n) is 46.6. The van der Waals surface area contributed by atoms with Gasteiger partial charge in [-0.2, -0.15) is 25.4 Å². The topological polar surface area (TPSA) is 350 Å². The first-order chi connectivity index (χ1) is 65.0. The number of carboxylic acids is 2. The number of nitrogens with zero attached hydrogens (tertiary/aromatic N) is 18. The molecule has 0 unspecified atom stereocenters. The van der Waals surface area contributed by atoms with E-state index in [-0.39, 0.29) is 29.7 Å². The van der Waals surface area contributed by atoms with Crippen molar-refractivity contribution in [3.05, 3.63) is 262 Å². The highest BCUT2D eigenvalue weighted by Gasteiger charge is 2.39. The lowest BCUT2D eigenvalue weighted by atomic mass is 9.81. The van der Waals surface area contributed by atoms with E-state index in [0.29, 0.717) is 72.1 Å². The molecule has 0 bridgehead atoms. The maximum atomic E-state index is 13.0. The molecule has 8 aromatic heterocycles. The molecule has 4 saturated carbocycles. The Balaban J connectivity index is 0.000000126. The number of carbonyl (C=O) groups is 4. The normalized spacial score (nSPS) is 15.4. The van der Waals surface area contributed by atoms with E-state index >= 15 is 0 Å². The summed E-state index contributed by atoms with van der Waals surface area (Å²) in [5.74, 6) is 3.75. The van der Waals surface area contributed by atoms with Gasteiger partial charge < -0.3 is 28.5 Å². The fraction of sp³-hybridized carbons (Fsp3) is 0.358. The number of amides is 2. The Morgan fingerprint density at radius 2 is 0.594 bits per heavy atom. The van der Waals surface area contributed by atoms with E-state index in [2.05, 4.69) is 155 Å². The van der Waals surface area contributed by atoms with E-state index in [1.165, 1.54) is 175 Å². The summed E-state index contributed by atoms with van der Waals surface area (Å²) in [5, 5.41) is 58.5. The fourth-order valence-electron chi connectivity index (χ4n) is 22.5. The quantitative estimate of drug-likeness (QED) is 0.0882. The number of benzene rings is 8. The highest BCUT2D eigenvalue weighted by molar-refractivity contribution is 7.88. The maximum Gasteiger partial charge on any atom is 0.335 e. The molecule has 0 radical (unpaired) electrons. The van der Waals surface area contributed by atoms with E-state index in [1.807, 2.05) is 85.1 Å². The Kier molecular flexibility index (Phi) is 26.8. The number of aryl methyl sites for hydroxylation is 2. The second-order valence-corrected chi connectivity index (χ2v) is 40.8. The van der Waals surface area contributed by atoms with E-state index in [9.17, 15) is 46.2 Å². The molecular weight excluding hydrogens is 1780 g/mol. The minimum absolute atomic E-state index is 0. The van der Waals surface area contributed by atoms with Crippen LogP contribution < -0.4 is 9.44 Å². The van der Waals surface area contributed by atoms with Crippen molar-refractivity contribution in [2.75, 3.05) is 28.2 Å². The molecule has 8 aliphatic rings. The SMILES string of the molecule is C.C.C.C.CN(C)S(=O)(=O)NC(=O)c1ccc2c(C3CCCCC3)c3n(c2c1)Cc1nncn1-c1ccccc1-3.Cc1nnc2n1-c1ccccc1-c1c(C3CCCCC3)c3ccc(C(=O)NS(=O)(=O)N(C)C)cc3n1C2.Cc1nnc2n1-c1ccccc1-c1c(C3CCCCC3)c3ccc(C(=O)O)cc3n1C2.O=C(O)c1ccc2c(C3CCCCC3)c3n(c2c1)Cc1nncn1-c1ccccc1-3. The highest BCUT2D eigenvalue weighted by Crippen LogP contribution is 2.53. The van der Waals surface area contributed by atoms with Crippen LogP contribution in [0.15, 0.2) is 183 Å². The number of rotatable bonds is 12. The van der Waals surface area contributed by atoms with Gasteiger partial charge >= 0.3 is 32.4 Å². The third-order valence-electron chi connectivity index (χ3n) is 28.7. The fourth-order valence-corrected chi connectivity index (χ4v) is 23.5. The minimum Gasteiger partial charge on any atom is -0.478 e. The van der Waals surface area contributed by atoms with Gasteiger partial charge in [-0.15, -0.1) is 40.8 Å². The number of hydrogen-bond donors (Lipinski definition) is 4. The van der Waals surface area contributed by atoms with Crippen molar-refractivity contribution in [2.45, 2.75) is 222 Å². The molecule has 24 rings (SSSR count). The summed E-state index contributed by atoms with van der Waals surface area (Å²) in [6.07, 6.45) is 27.6. The molecule has 32 heteroatoms. The summed E-state index contributed by atoms with van der Waals surface area (Å²) in [7, 11) is -2.26. The zero-order chi connectivity index (χ0) is 92.3. The molecule has 138 heavy (non-hydrogen) atoms. The van der Waals surface area contributed by atoms with Crippen molar-refractivity contribution in [2.24, 2.45) is 0 Å². The number of hydrogen-bond acceptors (Lipinski definition) is 16. The van der Waals surface area contributed by atoms with Crippen LogP contribution in [0.2, 0.25) is 0 Å². The van der Waals surface area contributed by atoms with Gasteiger partial charge in [0.2, 0.25) is 0 Å². The van der Waals surface area contributed by atoms with Gasteiger partial charge in [-0.05, 0) is 184 Å². The molecule has 0 saturated heterocycles. The van der Waals surface area contributed by atoms with Crippen LogP contribution in [0.3, 0.4) is 0 Å². The van der Waals surface area contributed by atoms with Crippen molar-refractivity contribution < 1.29 is 46.2 Å². The van der Waals surface area contributed by atoms with Crippen molar-refractivity contribution >= 4 is 87.8 Å². The Labute approximate surface area is 804 Å². The molecule has 12 heterocycles. The van der Waals surface area contributed by atoms with Crippen LogP contribution in [-0.4, -0.2) is 165 Å². The third-order valence-corrected chi connectivity index (χ3v) is 31.6. The number of nitrogens with one attached hydrogen (secondary N) is 2. The minimum atomic E-state index is -3.91. The zero-order valence-electron chi connectivity index (χ0n) is 75.6. The standard InChI is InChI=1S/C27H30N6O3S.C26H28N6O3S.C25H24N4O2.C24H22N4O2.4CH4/c1-17-28-29-24-16-32-23-15-19(27(34)30-37(35,36)31(2)3)13-14-20(23)25(18-9-5-4-6-10-18)26(32)21-11-7-8-12-22(21)33(17)24;1-30(2)36(34,35)29-26(33)18-12-13-19-22(14-18)31-15-23-28-27-16-32(23)21-11-7-6-10-20(21)25(31)24(19)17-8-4-3-5-9-17;1-15-26-27-22-14-28-21-13-17(25(30)31)11-12-18(21)23(16-7-3-2-4-8-16)24(28)19-9-5-6-10-20(19)29(15)22;29-24(30)16-10-11-17-20(12-16)27-13-21-26-25-14-28(21)19-9-5-4-8-18(19)23(27)22(17)15-6-2-1-3-7-15;;;;/h7-8,11-15,18H,4-6,9-10,16H2,1-3H3,(H,30,34);6-7,10-14,16-17H,3-5,8-9,15H2,1-2H3,(H,29,33);5-6,9-13,16H,2-4,7-8,14H2,1H3,(H,30,31);4-5,8-12,14-15H,1-3,6-7,13H2,(H,29,30);4*1H4. The first-order valence-corrected chi connectivity index (χ1v) is 49.4. The second kappa shape index (κ2) is 38.6. The highest BCUT2D eigenvalue weighted by atomic mass is 32.2. The molecule has 16 aromatic rings. The largest absolute Gasteiger partial charge is 0.478 e. The van der Waals surface area contributed by atoms with E-state index in [1.54, 1.807) is 43.0 Å². The van der Waals surface area contributed by atoms with Crippen LogP contribution in [0.5, 0.6) is 0 Å². The van der Waals surface area contributed by atoms with Crippen LogP contribution in [0, 0.1) is 13.8 Å². The number of fused-ring (bicyclic) bond motifs is 28. The molecule has 8 aromatic carbocycles. The van der Waals surface area contributed by atoms with Gasteiger partial charge in [0.05, 0.1) is 105 Å². The summed E-state index contributed by atoms with van der Waals surface area (Å²) in [4.78, 5) is 49.4. The Morgan fingerprint density at radius 1 is 0.333 bits per heavy atom. The Morgan fingerprint density at radius 3 is 0.884 bits per heavy atom. The molecule has 0 atom stereocenters. The van der Waals surface area contributed by atoms with E-state index in [0.717, 1.165) is 158 Å². The molecule has 0 spiro atoms. The molecule has 30 nitrogen and oxygen atoms in total. The lowest BCUT2D eigenvalue weighted by Gasteiger charge is -2.24. The molecule has 4 aliphatic heterocycles. The summed E-state index contributed by atoms with van der Waals surface area (Å²) >= 11 is 0. The van der Waals surface area contributed by atoms with Gasteiger partial charge in [-0.1, -0.05) is 204 Å². The summed E-state index contributed by atoms with van der Waals surface area (Å²) in [5.41, 5.74) is 23.8. The average Bonchev–Trinajstić information content (AvgIpc) is 1.58. The van der Waals surface area contributed by atoms with Crippen molar-refractivity contribution in [1.29, 1.82) is 0 Å². The predicted octanol–water partition coefficient (Wildman–Crippen LogP) is 20.8. The maximum absolute atomic E-state index is 13.0. The van der Waals surface area contributed by atoms with Crippen LogP contribution in [0.25, 0.3) is 111 Å². The van der Waals surface area contributed by atoms with Gasteiger partial charge in [0.25, 0.3) is 11.8 Å². The van der Waals surface area contributed by atoms with Crippen LogP contribution in [0.1, 0.15) is 280 Å². The Bertz CT molecular complexity index is 7660. The van der Waals surface area contributed by atoms with Crippen molar-refractivity contribution in [1.82, 2.24) is 95.4 Å². The van der Waals surface area contributed by atoms with Crippen LogP contribution in [0.4, 0.5) is 0 Å². The predicted molar refractivity (Wildman–Crippen MR) is 539 cm³/mol. The summed E-state index contributed by atoms with van der Waals surface area (Å²) in [6.45, 7) is 6.06. The van der Waals surface area contributed by atoms with Gasteiger partial charge in [-0.25, -0.2) is 19.0 Å². The summed E-state index contributed by atoms with van der Waals surface area (Å²) < 4.78 is 72.8. The second-order valence-electron chi connectivity index (χ2n) is 37.0. The zero-order valence-corrected chi connectivity index (χ0v) is 77.3. The molecule has 4 fully saturated rings. The molecule has 716 valence electrons. The van der Waals surface area contributed by atoms with Gasteiger partial charge in [0.1, 0.15) is 24.3 Å². The number of aromatic carboxylic acids is 2. The summed E-state index contributed by atoms with van der Waals surface area (Å²) in [6, 6.07) is 55.7. The van der Waals surface area contributed by atoms with Crippen LogP contribution >= 0.6 is 0 Å². The van der Waals surface area contributed by atoms with E-state index < -0.39 is 44.2 Å². The van der Waals surface area contributed by atoms with Crippen molar-refractivity contribution in [3.8, 4) is 67.8 Å². The molecule has 4 aliphatic carbocycles. The van der Waals surface area contributed by atoms with Gasteiger partial charge in [0.15, 0.2) is 23.3 Å². The van der Waals surface area contributed by atoms with Gasteiger partial charge in [0, 0.05) is 83.1 Å². The first kappa shape index (κ1) is 95.9. The number of carboxylic acid groups (broad SMARTS) is 2.